The van der Waals surface area contributed by atoms with Gasteiger partial charge in [0.1, 0.15) is 5.58 Å². The molecule has 0 atom stereocenters. The molecule has 28 heavy (non-hydrogen) atoms. The van der Waals surface area contributed by atoms with Gasteiger partial charge in [0, 0.05) is 24.1 Å². The number of furan rings is 1. The zero-order valence-electron chi connectivity index (χ0n) is 15.8. The molecule has 1 spiro atoms. The van der Waals surface area contributed by atoms with Crippen LogP contribution in [0.15, 0.2) is 16.5 Å². The molecular weight excluding hydrogens is 382 g/mol. The Kier molecular flexibility index (Phi) is 5.21. The van der Waals surface area contributed by atoms with Gasteiger partial charge in [-0.2, -0.15) is 0 Å². The predicted molar refractivity (Wildman–Crippen MR) is 107 cm³/mol. The van der Waals surface area contributed by atoms with Gasteiger partial charge in [-0.1, -0.05) is 30.9 Å². The highest BCUT2D eigenvalue weighted by Gasteiger charge is 2.43. The van der Waals surface area contributed by atoms with Gasteiger partial charge in [-0.3, -0.25) is 4.79 Å². The molecule has 1 aliphatic carbocycles. The first-order chi connectivity index (χ1) is 13.5. The molecule has 0 radical (unpaired) electrons. The standard InChI is InChI=1S/C20H24ClN3O4/c1-2-27-9-8-22-18(25)14-11-12-10-13(21)16-15(17(12)28-14)20(24-19(26)23-16)6-4-3-5-7-20/h10-11H,2-9H2,1H3,(H,22,25)(H2,23,24,26). The van der Waals surface area contributed by atoms with Crippen molar-refractivity contribution in [2.45, 2.75) is 44.6 Å². The molecule has 1 aromatic carbocycles. The number of ether oxygens (including phenoxy) is 1. The summed E-state index contributed by atoms with van der Waals surface area (Å²) >= 11 is 6.49. The summed E-state index contributed by atoms with van der Waals surface area (Å²) in [7, 11) is 0. The SMILES string of the molecule is CCOCCNC(=O)c1cc2cc(Cl)c3c(c2o1)C1(CCCCC1)NC(=O)N3. The lowest BCUT2D eigenvalue weighted by atomic mass is 9.74. The van der Waals surface area contributed by atoms with Crippen LogP contribution in [0, 0.1) is 0 Å². The van der Waals surface area contributed by atoms with E-state index in [2.05, 4.69) is 16.0 Å². The highest BCUT2D eigenvalue weighted by Crippen LogP contribution is 2.48. The minimum atomic E-state index is -0.514. The predicted octanol–water partition coefficient (Wildman–Crippen LogP) is 4.15. The normalized spacial score (nSPS) is 17.9. The Morgan fingerprint density at radius 3 is 2.86 bits per heavy atom. The molecule has 2 heterocycles. The van der Waals surface area contributed by atoms with Gasteiger partial charge in [0.15, 0.2) is 5.76 Å². The number of carbonyl (C=O) groups is 2. The first-order valence-electron chi connectivity index (χ1n) is 9.76. The van der Waals surface area contributed by atoms with Gasteiger partial charge in [0.2, 0.25) is 0 Å². The minimum Gasteiger partial charge on any atom is -0.450 e. The van der Waals surface area contributed by atoms with Crippen LogP contribution in [-0.4, -0.2) is 31.7 Å². The fraction of sp³-hybridized carbons (Fsp3) is 0.500. The van der Waals surface area contributed by atoms with Gasteiger partial charge >= 0.3 is 6.03 Å². The lowest BCUT2D eigenvalue weighted by molar-refractivity contribution is 0.0897. The van der Waals surface area contributed by atoms with Gasteiger partial charge in [-0.15, -0.1) is 0 Å². The Morgan fingerprint density at radius 2 is 2.11 bits per heavy atom. The van der Waals surface area contributed by atoms with Crippen molar-refractivity contribution in [3.63, 3.8) is 0 Å². The molecule has 3 amide bonds. The van der Waals surface area contributed by atoms with Crippen molar-refractivity contribution in [3.05, 3.63) is 28.5 Å². The van der Waals surface area contributed by atoms with E-state index < -0.39 is 5.54 Å². The lowest BCUT2D eigenvalue weighted by Crippen LogP contribution is -2.52. The number of benzene rings is 1. The number of fused-ring (bicyclic) bond motifs is 4. The Labute approximate surface area is 168 Å². The minimum absolute atomic E-state index is 0.221. The molecular formula is C20H24ClN3O4. The fourth-order valence-corrected chi connectivity index (χ4v) is 4.52. The smallest absolute Gasteiger partial charge is 0.319 e. The molecule has 2 aliphatic rings. The van der Waals surface area contributed by atoms with Crippen LogP contribution in [0.4, 0.5) is 10.5 Å². The second-order valence-electron chi connectivity index (χ2n) is 7.31. The van der Waals surface area contributed by atoms with Crippen molar-refractivity contribution in [2.24, 2.45) is 0 Å². The largest absolute Gasteiger partial charge is 0.450 e. The van der Waals surface area contributed by atoms with Gasteiger partial charge < -0.3 is 25.1 Å². The molecule has 3 N–H and O–H groups in total. The van der Waals surface area contributed by atoms with Crippen LogP contribution in [0.25, 0.3) is 11.0 Å². The zero-order valence-corrected chi connectivity index (χ0v) is 16.6. The zero-order chi connectivity index (χ0) is 19.7. The van der Waals surface area contributed by atoms with Crippen molar-refractivity contribution >= 4 is 40.2 Å². The Hall–Kier alpha value is -2.25. The molecule has 8 heteroatoms. The molecule has 0 unspecified atom stereocenters. The average molecular weight is 406 g/mol. The van der Waals surface area contributed by atoms with E-state index in [1.807, 2.05) is 6.92 Å². The second kappa shape index (κ2) is 7.64. The van der Waals surface area contributed by atoms with E-state index in [0.29, 0.717) is 36.1 Å². The first kappa shape index (κ1) is 19.1. The molecule has 1 aromatic heterocycles. The maximum Gasteiger partial charge on any atom is 0.319 e. The van der Waals surface area contributed by atoms with Crippen molar-refractivity contribution in [1.82, 2.24) is 10.6 Å². The molecule has 0 saturated heterocycles. The molecule has 150 valence electrons. The third kappa shape index (κ3) is 3.33. The first-order valence-corrected chi connectivity index (χ1v) is 10.1. The summed E-state index contributed by atoms with van der Waals surface area (Å²) in [4.78, 5) is 24.8. The summed E-state index contributed by atoms with van der Waals surface area (Å²) in [5.74, 6) is -0.0786. The summed E-state index contributed by atoms with van der Waals surface area (Å²) in [5, 5.41) is 9.92. The average Bonchev–Trinajstić information content (AvgIpc) is 3.09. The van der Waals surface area contributed by atoms with Crippen molar-refractivity contribution in [2.75, 3.05) is 25.1 Å². The fourth-order valence-electron chi connectivity index (χ4n) is 4.26. The summed E-state index contributed by atoms with van der Waals surface area (Å²) in [6, 6.07) is 3.18. The maximum absolute atomic E-state index is 12.5. The quantitative estimate of drug-likeness (QED) is 0.651. The van der Waals surface area contributed by atoms with Gasteiger partial charge in [0.05, 0.1) is 22.9 Å². The molecule has 7 nitrogen and oxygen atoms in total. The van der Waals surface area contributed by atoms with E-state index in [4.69, 9.17) is 20.8 Å². The number of carbonyl (C=O) groups excluding carboxylic acids is 2. The maximum atomic E-state index is 12.5. The van der Waals surface area contributed by atoms with Gasteiger partial charge in [-0.25, -0.2) is 4.79 Å². The number of rotatable bonds is 5. The Bertz CT molecular complexity index is 918. The van der Waals surface area contributed by atoms with Crippen molar-refractivity contribution in [1.29, 1.82) is 0 Å². The number of amides is 3. The Morgan fingerprint density at radius 1 is 1.32 bits per heavy atom. The van der Waals surface area contributed by atoms with E-state index in [-0.39, 0.29) is 17.7 Å². The molecule has 1 saturated carbocycles. The van der Waals surface area contributed by atoms with E-state index in [0.717, 1.165) is 43.1 Å². The molecule has 0 bridgehead atoms. The number of hydrogen-bond donors (Lipinski definition) is 3. The van der Waals surface area contributed by atoms with Crippen molar-refractivity contribution in [3.8, 4) is 0 Å². The lowest BCUT2D eigenvalue weighted by Gasteiger charge is -2.42. The summed E-state index contributed by atoms with van der Waals surface area (Å²) in [6.45, 7) is 3.36. The summed E-state index contributed by atoms with van der Waals surface area (Å²) in [5.41, 5.74) is 1.52. The number of nitrogens with one attached hydrogen (secondary N) is 3. The van der Waals surface area contributed by atoms with Crippen LogP contribution >= 0.6 is 11.6 Å². The highest BCUT2D eigenvalue weighted by molar-refractivity contribution is 6.35. The molecule has 1 fully saturated rings. The van der Waals surface area contributed by atoms with Crippen LogP contribution in [-0.2, 0) is 10.3 Å². The van der Waals surface area contributed by atoms with Crippen LogP contribution in [0.2, 0.25) is 5.02 Å². The highest BCUT2D eigenvalue weighted by atomic mass is 35.5. The second-order valence-corrected chi connectivity index (χ2v) is 7.72. The van der Waals surface area contributed by atoms with Gasteiger partial charge in [-0.05, 0) is 31.9 Å². The monoisotopic (exact) mass is 405 g/mol. The van der Waals surface area contributed by atoms with Crippen LogP contribution in [0.3, 0.4) is 0 Å². The third-order valence-corrected chi connectivity index (χ3v) is 5.79. The Balaban J connectivity index is 1.75. The van der Waals surface area contributed by atoms with E-state index in [1.165, 1.54) is 0 Å². The van der Waals surface area contributed by atoms with Crippen LogP contribution < -0.4 is 16.0 Å². The van der Waals surface area contributed by atoms with Crippen molar-refractivity contribution < 1.29 is 18.7 Å². The summed E-state index contributed by atoms with van der Waals surface area (Å²) in [6.07, 6.45) is 4.80. The van der Waals surface area contributed by atoms with E-state index >= 15 is 0 Å². The number of urea groups is 1. The van der Waals surface area contributed by atoms with Crippen LogP contribution in [0.1, 0.15) is 55.1 Å². The molecule has 1 aliphatic heterocycles. The molecule has 4 rings (SSSR count). The number of anilines is 1. The van der Waals surface area contributed by atoms with E-state index in [9.17, 15) is 9.59 Å². The van der Waals surface area contributed by atoms with E-state index in [1.54, 1.807) is 12.1 Å². The third-order valence-electron chi connectivity index (χ3n) is 5.50. The summed E-state index contributed by atoms with van der Waals surface area (Å²) < 4.78 is 11.2. The number of halogens is 1. The topological polar surface area (TPSA) is 92.6 Å². The molecule has 2 aromatic rings. The van der Waals surface area contributed by atoms with Crippen LogP contribution in [0.5, 0.6) is 0 Å². The number of hydrogen-bond acceptors (Lipinski definition) is 4. The van der Waals surface area contributed by atoms with Gasteiger partial charge in [0.25, 0.3) is 5.91 Å².